The summed E-state index contributed by atoms with van der Waals surface area (Å²) in [4.78, 5) is 27.3. The van der Waals surface area contributed by atoms with Crippen LogP contribution in [0.15, 0.2) is 30.5 Å². The molecule has 2 amide bonds. The highest BCUT2D eigenvalue weighted by atomic mass is 35.5. The van der Waals surface area contributed by atoms with Crippen molar-refractivity contribution < 1.29 is 9.59 Å². The predicted molar refractivity (Wildman–Crippen MR) is 108 cm³/mol. The van der Waals surface area contributed by atoms with Gasteiger partial charge in [-0.05, 0) is 62.3 Å². The predicted octanol–water partition coefficient (Wildman–Crippen LogP) is 2.92. The van der Waals surface area contributed by atoms with Gasteiger partial charge in [0.1, 0.15) is 12.1 Å². The van der Waals surface area contributed by atoms with E-state index in [1.54, 1.807) is 31.2 Å². The Balaban J connectivity index is 1.44. The number of nitrogens with one attached hydrogen (secondary N) is 1. The highest BCUT2D eigenvalue weighted by Gasteiger charge is 2.45. The number of nitriles is 1. The van der Waals surface area contributed by atoms with Gasteiger partial charge >= 0.3 is 0 Å². The molecule has 1 N–H and O–H groups in total. The highest BCUT2D eigenvalue weighted by molar-refractivity contribution is 6.30. The number of benzene rings is 1. The minimum Gasteiger partial charge on any atom is -0.341 e. The van der Waals surface area contributed by atoms with E-state index >= 15 is 0 Å². The Morgan fingerprint density at radius 1 is 1.21 bits per heavy atom. The number of hydrogen-bond acceptors (Lipinski definition) is 4. The van der Waals surface area contributed by atoms with Crippen LogP contribution in [0.25, 0.3) is 5.69 Å². The number of aromatic nitrogens is 2. The molecular weight excluding hydrogens is 390 g/mol. The number of carbonyl (C=O) groups excluding carboxylic acids is 2. The van der Waals surface area contributed by atoms with Crippen molar-refractivity contribution >= 4 is 23.4 Å². The molecule has 29 heavy (non-hydrogen) atoms. The lowest BCUT2D eigenvalue weighted by molar-refractivity contribution is -0.134. The first kappa shape index (κ1) is 19.5. The highest BCUT2D eigenvalue weighted by Crippen LogP contribution is 2.53. The number of nitrogens with zero attached hydrogens (tertiary/aromatic N) is 4. The summed E-state index contributed by atoms with van der Waals surface area (Å²) in [5.74, 6) is -0.573. The van der Waals surface area contributed by atoms with Crippen molar-refractivity contribution in [1.29, 1.82) is 5.26 Å². The molecule has 1 aliphatic heterocycles. The second kappa shape index (κ2) is 7.53. The summed E-state index contributed by atoms with van der Waals surface area (Å²) >= 11 is 5.90. The van der Waals surface area contributed by atoms with Crippen molar-refractivity contribution in [1.82, 2.24) is 20.0 Å². The average molecular weight is 412 g/mol. The molecule has 1 aliphatic carbocycles. The fourth-order valence-electron chi connectivity index (χ4n) is 3.89. The maximum absolute atomic E-state index is 12.7. The summed E-state index contributed by atoms with van der Waals surface area (Å²) < 4.78 is 1.39. The minimum atomic E-state index is -0.666. The van der Waals surface area contributed by atoms with Gasteiger partial charge in [0, 0.05) is 18.1 Å². The molecular formula is C21H22ClN5O2. The first-order valence-corrected chi connectivity index (χ1v) is 10.1. The minimum absolute atomic E-state index is 0.0857. The number of carbonyl (C=O) groups is 2. The number of halogens is 1. The summed E-state index contributed by atoms with van der Waals surface area (Å²) in [6.07, 6.45) is 5.99. The normalized spacial score (nSPS) is 18.2. The molecule has 150 valence electrons. The summed E-state index contributed by atoms with van der Waals surface area (Å²) in [6.45, 7) is 3.17. The first-order valence-electron chi connectivity index (χ1n) is 9.76. The van der Waals surface area contributed by atoms with Crippen molar-refractivity contribution in [2.75, 3.05) is 13.1 Å². The lowest BCUT2D eigenvalue weighted by Gasteiger charge is -2.33. The van der Waals surface area contributed by atoms with Crippen LogP contribution in [0.2, 0.25) is 5.02 Å². The van der Waals surface area contributed by atoms with E-state index < -0.39 is 11.9 Å². The molecule has 2 fully saturated rings. The van der Waals surface area contributed by atoms with Crippen LogP contribution in [0, 0.1) is 16.7 Å². The van der Waals surface area contributed by atoms with Crippen LogP contribution in [-0.2, 0) is 4.79 Å². The Hall–Kier alpha value is -2.85. The molecule has 4 rings (SSSR count). The molecule has 1 unspecified atom stereocenters. The second-order valence-electron chi connectivity index (χ2n) is 7.93. The van der Waals surface area contributed by atoms with Gasteiger partial charge in [-0.1, -0.05) is 11.6 Å². The SMILES string of the molecule is CC(NC(=O)c1cnn(-c2ccc(Cl)cc2)c1C#N)C(=O)N1CCC2(CC1)CC2. The second-order valence-corrected chi connectivity index (χ2v) is 8.36. The summed E-state index contributed by atoms with van der Waals surface area (Å²) in [5, 5.41) is 17.0. The third kappa shape index (κ3) is 3.85. The molecule has 7 nitrogen and oxygen atoms in total. The zero-order valence-corrected chi connectivity index (χ0v) is 16.9. The Labute approximate surface area is 174 Å². The number of amides is 2. The van der Waals surface area contributed by atoms with Crippen molar-refractivity contribution in [3.05, 3.63) is 46.7 Å². The van der Waals surface area contributed by atoms with Gasteiger partial charge in [0.25, 0.3) is 5.91 Å². The van der Waals surface area contributed by atoms with Crippen LogP contribution in [0.1, 0.15) is 48.7 Å². The zero-order chi connectivity index (χ0) is 20.6. The quantitative estimate of drug-likeness (QED) is 0.837. The lowest BCUT2D eigenvalue weighted by atomic mass is 9.93. The molecule has 1 aromatic heterocycles. The molecule has 0 radical (unpaired) electrons. The number of likely N-dealkylation sites (tertiary alicyclic amines) is 1. The summed E-state index contributed by atoms with van der Waals surface area (Å²) in [6, 6.07) is 8.17. The van der Waals surface area contributed by atoms with Crippen LogP contribution >= 0.6 is 11.6 Å². The Morgan fingerprint density at radius 3 is 2.45 bits per heavy atom. The Bertz CT molecular complexity index is 977. The molecule has 0 bridgehead atoms. The van der Waals surface area contributed by atoms with Crippen LogP contribution < -0.4 is 5.32 Å². The smallest absolute Gasteiger partial charge is 0.256 e. The molecule has 1 aromatic carbocycles. The largest absolute Gasteiger partial charge is 0.341 e. The monoisotopic (exact) mass is 411 g/mol. The van der Waals surface area contributed by atoms with E-state index in [-0.39, 0.29) is 17.2 Å². The van der Waals surface area contributed by atoms with E-state index in [0.29, 0.717) is 16.1 Å². The van der Waals surface area contributed by atoms with Crippen LogP contribution in [0.5, 0.6) is 0 Å². The van der Waals surface area contributed by atoms with E-state index in [2.05, 4.69) is 10.4 Å². The molecule has 1 saturated heterocycles. The van der Waals surface area contributed by atoms with Crippen LogP contribution in [0.4, 0.5) is 0 Å². The number of piperidine rings is 1. The molecule has 1 spiro atoms. The van der Waals surface area contributed by atoms with E-state index in [4.69, 9.17) is 11.6 Å². The van der Waals surface area contributed by atoms with Gasteiger partial charge in [-0.2, -0.15) is 10.4 Å². The standard InChI is InChI=1S/C21H22ClN5O2/c1-14(20(29)26-10-8-21(6-7-21)9-11-26)25-19(28)17-13-24-27(18(17)12-23)16-4-2-15(22)3-5-16/h2-5,13-14H,6-11H2,1H3,(H,25,28). The van der Waals surface area contributed by atoms with Crippen molar-refractivity contribution in [2.24, 2.45) is 5.41 Å². The van der Waals surface area contributed by atoms with E-state index in [1.165, 1.54) is 23.7 Å². The molecule has 2 aliphatic rings. The van der Waals surface area contributed by atoms with Gasteiger partial charge in [-0.15, -0.1) is 0 Å². The molecule has 1 saturated carbocycles. The zero-order valence-electron chi connectivity index (χ0n) is 16.2. The van der Waals surface area contributed by atoms with Crippen molar-refractivity contribution in [2.45, 2.75) is 38.6 Å². The molecule has 2 aromatic rings. The third-order valence-electron chi connectivity index (χ3n) is 6.00. The lowest BCUT2D eigenvalue weighted by Crippen LogP contribution is -2.49. The maximum Gasteiger partial charge on any atom is 0.256 e. The Morgan fingerprint density at radius 2 is 1.86 bits per heavy atom. The third-order valence-corrected chi connectivity index (χ3v) is 6.25. The van der Waals surface area contributed by atoms with Gasteiger partial charge in [0.15, 0.2) is 5.69 Å². The van der Waals surface area contributed by atoms with Crippen LogP contribution in [-0.4, -0.2) is 45.6 Å². The first-order chi connectivity index (χ1) is 13.9. The molecule has 2 heterocycles. The fraction of sp³-hybridized carbons (Fsp3) is 0.429. The Kier molecular flexibility index (Phi) is 5.05. The van der Waals surface area contributed by atoms with Gasteiger partial charge < -0.3 is 10.2 Å². The molecule has 8 heteroatoms. The van der Waals surface area contributed by atoms with Crippen molar-refractivity contribution in [3.63, 3.8) is 0 Å². The van der Waals surface area contributed by atoms with Gasteiger partial charge in [-0.3, -0.25) is 9.59 Å². The molecule has 1 atom stereocenters. The van der Waals surface area contributed by atoms with E-state index in [1.807, 2.05) is 11.0 Å². The van der Waals surface area contributed by atoms with Gasteiger partial charge in [0.05, 0.1) is 17.4 Å². The number of hydrogen-bond donors (Lipinski definition) is 1. The topological polar surface area (TPSA) is 91.0 Å². The van der Waals surface area contributed by atoms with Gasteiger partial charge in [-0.25, -0.2) is 4.68 Å². The fourth-order valence-corrected chi connectivity index (χ4v) is 4.01. The van der Waals surface area contributed by atoms with Gasteiger partial charge in [0.2, 0.25) is 5.91 Å². The number of rotatable bonds is 4. The van der Waals surface area contributed by atoms with E-state index in [0.717, 1.165) is 25.9 Å². The average Bonchev–Trinajstić information content (AvgIpc) is 3.33. The van der Waals surface area contributed by atoms with Crippen molar-refractivity contribution in [3.8, 4) is 11.8 Å². The van der Waals surface area contributed by atoms with E-state index in [9.17, 15) is 14.9 Å². The maximum atomic E-state index is 12.7. The summed E-state index contributed by atoms with van der Waals surface area (Å²) in [7, 11) is 0. The summed E-state index contributed by atoms with van der Waals surface area (Å²) in [5.41, 5.74) is 1.36. The van der Waals surface area contributed by atoms with Crippen LogP contribution in [0.3, 0.4) is 0 Å².